The van der Waals surface area contributed by atoms with E-state index < -0.39 is 0 Å². The van der Waals surface area contributed by atoms with Crippen LogP contribution >= 0.6 is 23.7 Å². The van der Waals surface area contributed by atoms with Gasteiger partial charge in [-0.1, -0.05) is 0 Å². The summed E-state index contributed by atoms with van der Waals surface area (Å²) in [5.41, 5.74) is 5.86. The lowest BCUT2D eigenvalue weighted by Gasteiger charge is -2.14. The lowest BCUT2D eigenvalue weighted by molar-refractivity contribution is 0.321. The number of likely N-dealkylation sites (tertiary alicyclic amines) is 1. The molecule has 1 aromatic rings. The first kappa shape index (κ1) is 12.8. The van der Waals surface area contributed by atoms with Crippen LogP contribution < -0.4 is 10.5 Å². The minimum absolute atomic E-state index is 0. The second-order valence-corrected chi connectivity index (χ2v) is 4.70. The molecule has 0 amide bonds. The van der Waals surface area contributed by atoms with Gasteiger partial charge in [-0.2, -0.15) is 0 Å². The Labute approximate surface area is 101 Å². The number of nitrogens with zero attached hydrogens (tertiary/aromatic N) is 1. The fourth-order valence-corrected chi connectivity index (χ4v) is 2.72. The maximum Gasteiger partial charge on any atom is 0.134 e. The largest absolute Gasteiger partial charge is 0.496 e. The number of methoxy groups -OCH3 is 1. The molecule has 0 aromatic carbocycles. The Balaban J connectivity index is 0.00000112. The smallest absolute Gasteiger partial charge is 0.134 e. The van der Waals surface area contributed by atoms with Crippen molar-refractivity contribution in [1.82, 2.24) is 4.90 Å². The van der Waals surface area contributed by atoms with Crippen molar-refractivity contribution in [2.45, 2.75) is 19.0 Å². The quantitative estimate of drug-likeness (QED) is 0.885. The predicted octanol–water partition coefficient (Wildman–Crippen LogP) is 1.71. The SMILES string of the molecule is COc1ccsc1CN1CC[C@H](N)C1.Cl. The Morgan fingerprint density at radius 3 is 3.07 bits per heavy atom. The van der Waals surface area contributed by atoms with E-state index in [0.29, 0.717) is 6.04 Å². The lowest BCUT2D eigenvalue weighted by Crippen LogP contribution is -2.26. The van der Waals surface area contributed by atoms with Crippen LogP contribution in [0.2, 0.25) is 0 Å². The highest BCUT2D eigenvalue weighted by molar-refractivity contribution is 7.10. The van der Waals surface area contributed by atoms with E-state index in [4.69, 9.17) is 10.5 Å². The highest BCUT2D eigenvalue weighted by Crippen LogP contribution is 2.26. The molecule has 3 nitrogen and oxygen atoms in total. The number of ether oxygens (including phenoxy) is 1. The van der Waals surface area contributed by atoms with Crippen molar-refractivity contribution in [2.24, 2.45) is 5.73 Å². The average molecular weight is 249 g/mol. The molecule has 1 fully saturated rings. The minimum Gasteiger partial charge on any atom is -0.496 e. The van der Waals surface area contributed by atoms with E-state index in [1.807, 2.05) is 6.07 Å². The average Bonchev–Trinajstić information content (AvgIpc) is 2.76. The standard InChI is InChI=1S/C10H16N2OS.ClH/c1-13-9-3-5-14-10(9)7-12-4-2-8(11)6-12;/h3,5,8H,2,4,6-7,11H2,1H3;1H/t8-;/m0./s1. The summed E-state index contributed by atoms with van der Waals surface area (Å²) in [5.74, 6) is 1.01. The molecule has 1 aliphatic heterocycles. The van der Waals surface area contributed by atoms with Gasteiger partial charge in [0, 0.05) is 25.7 Å². The number of hydrogen-bond acceptors (Lipinski definition) is 4. The van der Waals surface area contributed by atoms with Crippen molar-refractivity contribution in [2.75, 3.05) is 20.2 Å². The van der Waals surface area contributed by atoms with Crippen molar-refractivity contribution in [3.05, 3.63) is 16.3 Å². The molecule has 1 aliphatic rings. The molecule has 2 heterocycles. The van der Waals surface area contributed by atoms with E-state index in [1.54, 1.807) is 18.4 Å². The molecule has 0 bridgehead atoms. The summed E-state index contributed by atoms with van der Waals surface area (Å²) < 4.78 is 5.27. The van der Waals surface area contributed by atoms with Gasteiger partial charge in [-0.25, -0.2) is 0 Å². The molecule has 0 radical (unpaired) electrons. The summed E-state index contributed by atoms with van der Waals surface area (Å²) >= 11 is 1.75. The van der Waals surface area contributed by atoms with Crippen LogP contribution in [0, 0.1) is 0 Å². The second kappa shape index (κ2) is 5.70. The summed E-state index contributed by atoms with van der Waals surface area (Å²) in [6.45, 7) is 3.11. The first-order valence-electron chi connectivity index (χ1n) is 4.88. The van der Waals surface area contributed by atoms with Crippen LogP contribution in [0.5, 0.6) is 5.75 Å². The zero-order valence-electron chi connectivity index (χ0n) is 8.81. The summed E-state index contributed by atoms with van der Waals surface area (Å²) in [6, 6.07) is 2.39. The molecule has 1 atom stereocenters. The van der Waals surface area contributed by atoms with Gasteiger partial charge in [0.15, 0.2) is 0 Å². The van der Waals surface area contributed by atoms with Crippen molar-refractivity contribution >= 4 is 23.7 Å². The van der Waals surface area contributed by atoms with Crippen LogP contribution in [0.15, 0.2) is 11.4 Å². The zero-order chi connectivity index (χ0) is 9.97. The van der Waals surface area contributed by atoms with Gasteiger partial charge in [0.05, 0.1) is 12.0 Å². The van der Waals surface area contributed by atoms with E-state index in [-0.39, 0.29) is 12.4 Å². The van der Waals surface area contributed by atoms with Gasteiger partial charge in [0.2, 0.25) is 0 Å². The maximum absolute atomic E-state index is 5.86. The number of rotatable bonds is 3. The second-order valence-electron chi connectivity index (χ2n) is 3.70. The fourth-order valence-electron chi connectivity index (χ4n) is 1.84. The van der Waals surface area contributed by atoms with Crippen LogP contribution in [-0.4, -0.2) is 31.1 Å². The Hall–Kier alpha value is -0.290. The molecule has 0 aliphatic carbocycles. The normalized spacial score (nSPS) is 21.3. The summed E-state index contributed by atoms with van der Waals surface area (Å²) in [6.07, 6.45) is 1.12. The Bertz CT molecular complexity index is 305. The van der Waals surface area contributed by atoms with Gasteiger partial charge in [-0.05, 0) is 17.9 Å². The molecular weight excluding hydrogens is 232 g/mol. The predicted molar refractivity (Wildman–Crippen MR) is 66.0 cm³/mol. The van der Waals surface area contributed by atoms with Gasteiger partial charge in [-0.15, -0.1) is 23.7 Å². The Morgan fingerprint density at radius 1 is 1.67 bits per heavy atom. The maximum atomic E-state index is 5.86. The van der Waals surface area contributed by atoms with Crippen molar-refractivity contribution in [1.29, 1.82) is 0 Å². The molecule has 86 valence electrons. The summed E-state index contributed by atoms with van der Waals surface area (Å²) in [5, 5.41) is 2.07. The lowest BCUT2D eigenvalue weighted by atomic mass is 10.3. The van der Waals surface area contributed by atoms with Gasteiger partial charge >= 0.3 is 0 Å². The van der Waals surface area contributed by atoms with E-state index in [1.165, 1.54) is 4.88 Å². The van der Waals surface area contributed by atoms with Crippen LogP contribution in [0.1, 0.15) is 11.3 Å². The number of nitrogens with two attached hydrogens (primary N) is 1. The first-order chi connectivity index (χ1) is 6.79. The third-order valence-electron chi connectivity index (χ3n) is 2.60. The highest BCUT2D eigenvalue weighted by atomic mass is 35.5. The number of thiophene rings is 1. The Morgan fingerprint density at radius 2 is 2.47 bits per heavy atom. The van der Waals surface area contributed by atoms with Crippen molar-refractivity contribution in [3.8, 4) is 5.75 Å². The topological polar surface area (TPSA) is 38.5 Å². The van der Waals surface area contributed by atoms with Crippen LogP contribution in [0.4, 0.5) is 0 Å². The van der Waals surface area contributed by atoms with Crippen LogP contribution in [0.25, 0.3) is 0 Å². The van der Waals surface area contributed by atoms with Crippen molar-refractivity contribution < 1.29 is 4.74 Å². The molecule has 2 N–H and O–H groups in total. The van der Waals surface area contributed by atoms with Crippen LogP contribution in [0.3, 0.4) is 0 Å². The van der Waals surface area contributed by atoms with Gasteiger partial charge in [-0.3, -0.25) is 4.90 Å². The minimum atomic E-state index is 0. The molecule has 15 heavy (non-hydrogen) atoms. The third kappa shape index (κ3) is 3.08. The molecule has 5 heteroatoms. The molecular formula is C10H17ClN2OS. The molecule has 0 unspecified atom stereocenters. The van der Waals surface area contributed by atoms with Gasteiger partial charge in [0.1, 0.15) is 5.75 Å². The van der Waals surface area contributed by atoms with Gasteiger partial charge in [0.25, 0.3) is 0 Å². The number of halogens is 1. The summed E-state index contributed by atoms with van der Waals surface area (Å²) in [7, 11) is 1.72. The number of hydrogen-bond donors (Lipinski definition) is 1. The molecule has 0 spiro atoms. The van der Waals surface area contributed by atoms with E-state index in [0.717, 1.165) is 31.8 Å². The zero-order valence-corrected chi connectivity index (χ0v) is 10.4. The van der Waals surface area contributed by atoms with Crippen molar-refractivity contribution in [3.63, 3.8) is 0 Å². The van der Waals surface area contributed by atoms with Crippen LogP contribution in [-0.2, 0) is 6.54 Å². The summed E-state index contributed by atoms with van der Waals surface area (Å²) in [4.78, 5) is 3.69. The molecule has 2 rings (SSSR count). The molecule has 1 aromatic heterocycles. The van der Waals surface area contributed by atoms with E-state index in [2.05, 4.69) is 10.3 Å². The monoisotopic (exact) mass is 248 g/mol. The van der Waals surface area contributed by atoms with Gasteiger partial charge < -0.3 is 10.5 Å². The Kier molecular flexibility index (Phi) is 4.86. The molecule has 1 saturated heterocycles. The molecule has 0 saturated carbocycles. The van der Waals surface area contributed by atoms with E-state index in [9.17, 15) is 0 Å². The fraction of sp³-hybridized carbons (Fsp3) is 0.600. The highest BCUT2D eigenvalue weighted by Gasteiger charge is 2.20. The third-order valence-corrected chi connectivity index (χ3v) is 3.49. The first-order valence-corrected chi connectivity index (χ1v) is 5.76. The van der Waals surface area contributed by atoms with E-state index >= 15 is 0 Å².